The molecule has 4 nitrogen and oxygen atoms in total. The lowest BCUT2D eigenvalue weighted by Crippen LogP contribution is -2.29. The average molecular weight is 316 g/mol. The number of carbonyl (C=O) groups is 1. The zero-order valence-electron chi connectivity index (χ0n) is 13.4. The predicted molar refractivity (Wildman–Crippen MR) is 89.0 cm³/mol. The molecule has 0 atom stereocenters. The van der Waals surface area contributed by atoms with Gasteiger partial charge in [0.25, 0.3) is 0 Å². The lowest BCUT2D eigenvalue weighted by molar-refractivity contribution is -0.117. The lowest BCUT2D eigenvalue weighted by atomic mass is 10.2. The molecule has 0 fully saturated rings. The quantitative estimate of drug-likeness (QED) is 0.852. The van der Waals surface area contributed by atoms with Gasteiger partial charge in [-0.1, -0.05) is 12.1 Å². The first-order valence-electron chi connectivity index (χ1n) is 7.52. The number of carbonyl (C=O) groups excluding carboxylic acids is 1. The van der Waals surface area contributed by atoms with Crippen molar-refractivity contribution in [1.82, 2.24) is 4.90 Å². The standard InChI is InChI=1S/C18H21FN2O2/c1-3-23-17-9-7-16(8-10-17)20-18(22)13-21(2)12-14-5-4-6-15(19)11-14/h4-11H,3,12-13H2,1-2H3,(H,20,22). The Balaban J connectivity index is 1.83. The number of hydrogen-bond acceptors (Lipinski definition) is 3. The number of benzene rings is 2. The third kappa shape index (κ3) is 5.71. The van der Waals surface area contributed by atoms with E-state index in [-0.39, 0.29) is 18.3 Å². The highest BCUT2D eigenvalue weighted by molar-refractivity contribution is 5.92. The van der Waals surface area contributed by atoms with Crippen molar-refractivity contribution in [2.75, 3.05) is 25.5 Å². The molecule has 0 aliphatic rings. The van der Waals surface area contributed by atoms with Gasteiger partial charge in [0.2, 0.25) is 5.91 Å². The summed E-state index contributed by atoms with van der Waals surface area (Å²) < 4.78 is 18.5. The van der Waals surface area contributed by atoms with Crippen LogP contribution in [0.2, 0.25) is 0 Å². The second-order valence-electron chi connectivity index (χ2n) is 5.31. The molecule has 0 aromatic heterocycles. The van der Waals surface area contributed by atoms with E-state index < -0.39 is 0 Å². The molecule has 0 saturated heterocycles. The number of nitrogens with one attached hydrogen (secondary N) is 1. The van der Waals surface area contributed by atoms with E-state index in [4.69, 9.17) is 4.74 Å². The van der Waals surface area contributed by atoms with Crippen LogP contribution < -0.4 is 10.1 Å². The lowest BCUT2D eigenvalue weighted by Gasteiger charge is -2.16. The van der Waals surface area contributed by atoms with Gasteiger partial charge in [-0.05, 0) is 55.9 Å². The van der Waals surface area contributed by atoms with E-state index in [1.54, 1.807) is 18.2 Å². The van der Waals surface area contributed by atoms with Crippen molar-refractivity contribution in [1.29, 1.82) is 0 Å². The van der Waals surface area contributed by atoms with Crippen LogP contribution in [0.25, 0.3) is 0 Å². The minimum Gasteiger partial charge on any atom is -0.494 e. The van der Waals surface area contributed by atoms with Crippen molar-refractivity contribution in [3.8, 4) is 5.75 Å². The summed E-state index contributed by atoms with van der Waals surface area (Å²) in [6.45, 7) is 3.26. The summed E-state index contributed by atoms with van der Waals surface area (Å²) in [5, 5.41) is 2.83. The molecule has 0 unspecified atom stereocenters. The summed E-state index contributed by atoms with van der Waals surface area (Å²) in [7, 11) is 1.82. The maximum absolute atomic E-state index is 13.1. The Kier molecular flexibility index (Phi) is 6.11. The summed E-state index contributed by atoms with van der Waals surface area (Å²) in [6, 6.07) is 13.6. The summed E-state index contributed by atoms with van der Waals surface area (Å²) in [5.74, 6) is 0.386. The summed E-state index contributed by atoms with van der Waals surface area (Å²) in [5.41, 5.74) is 1.55. The fourth-order valence-corrected chi connectivity index (χ4v) is 2.25. The van der Waals surface area contributed by atoms with Crippen molar-refractivity contribution in [2.45, 2.75) is 13.5 Å². The van der Waals surface area contributed by atoms with Gasteiger partial charge >= 0.3 is 0 Å². The highest BCUT2D eigenvalue weighted by Gasteiger charge is 2.08. The smallest absolute Gasteiger partial charge is 0.238 e. The Morgan fingerprint density at radius 1 is 1.22 bits per heavy atom. The van der Waals surface area contributed by atoms with Crippen LogP contribution in [0.1, 0.15) is 12.5 Å². The molecule has 0 saturated carbocycles. The third-order valence-corrected chi connectivity index (χ3v) is 3.20. The monoisotopic (exact) mass is 316 g/mol. The SMILES string of the molecule is CCOc1ccc(NC(=O)CN(C)Cc2cccc(F)c2)cc1. The van der Waals surface area contributed by atoms with Crippen molar-refractivity contribution in [3.63, 3.8) is 0 Å². The Labute approximate surface area is 135 Å². The fourth-order valence-electron chi connectivity index (χ4n) is 2.25. The minimum atomic E-state index is -0.269. The van der Waals surface area contributed by atoms with E-state index >= 15 is 0 Å². The molecule has 2 aromatic rings. The largest absolute Gasteiger partial charge is 0.494 e. The summed E-state index contributed by atoms with van der Waals surface area (Å²) in [4.78, 5) is 13.9. The summed E-state index contributed by atoms with van der Waals surface area (Å²) >= 11 is 0. The number of anilines is 1. The van der Waals surface area contributed by atoms with Crippen LogP contribution >= 0.6 is 0 Å². The maximum Gasteiger partial charge on any atom is 0.238 e. The van der Waals surface area contributed by atoms with Gasteiger partial charge in [0, 0.05) is 12.2 Å². The Morgan fingerprint density at radius 3 is 2.61 bits per heavy atom. The van der Waals surface area contributed by atoms with Crippen LogP contribution in [0.3, 0.4) is 0 Å². The first-order valence-corrected chi connectivity index (χ1v) is 7.52. The van der Waals surface area contributed by atoms with Gasteiger partial charge < -0.3 is 10.1 Å². The topological polar surface area (TPSA) is 41.6 Å². The maximum atomic E-state index is 13.1. The van der Waals surface area contributed by atoms with Crippen molar-refractivity contribution in [2.24, 2.45) is 0 Å². The van der Waals surface area contributed by atoms with Crippen LogP contribution in [-0.2, 0) is 11.3 Å². The van der Waals surface area contributed by atoms with Gasteiger partial charge in [-0.15, -0.1) is 0 Å². The van der Waals surface area contributed by atoms with Crippen molar-refractivity contribution in [3.05, 3.63) is 59.9 Å². The molecule has 23 heavy (non-hydrogen) atoms. The first kappa shape index (κ1) is 17.0. The molecule has 2 aromatic carbocycles. The van der Waals surface area contributed by atoms with E-state index in [1.165, 1.54) is 12.1 Å². The number of hydrogen-bond donors (Lipinski definition) is 1. The molecule has 5 heteroatoms. The predicted octanol–water partition coefficient (Wildman–Crippen LogP) is 3.29. The molecular weight excluding hydrogens is 295 g/mol. The number of ether oxygens (including phenoxy) is 1. The third-order valence-electron chi connectivity index (χ3n) is 3.20. The normalized spacial score (nSPS) is 10.6. The van der Waals surface area contributed by atoms with E-state index in [1.807, 2.05) is 37.1 Å². The number of rotatable bonds is 7. The minimum absolute atomic E-state index is 0.118. The molecule has 0 heterocycles. The van der Waals surface area contributed by atoms with Crippen LogP contribution in [0.4, 0.5) is 10.1 Å². The van der Waals surface area contributed by atoms with Gasteiger partial charge in [0.1, 0.15) is 11.6 Å². The Bertz CT molecular complexity index is 644. The fraction of sp³-hybridized carbons (Fsp3) is 0.278. The second-order valence-corrected chi connectivity index (χ2v) is 5.31. The molecule has 0 spiro atoms. The van der Waals surface area contributed by atoms with Gasteiger partial charge in [-0.25, -0.2) is 4.39 Å². The number of amides is 1. The van der Waals surface area contributed by atoms with Crippen molar-refractivity contribution < 1.29 is 13.9 Å². The van der Waals surface area contributed by atoms with Crippen LogP contribution in [-0.4, -0.2) is 31.0 Å². The van der Waals surface area contributed by atoms with Crippen LogP contribution in [0, 0.1) is 5.82 Å². The van der Waals surface area contributed by atoms with Gasteiger partial charge in [-0.3, -0.25) is 9.69 Å². The summed E-state index contributed by atoms with van der Waals surface area (Å²) in [6.07, 6.45) is 0. The zero-order chi connectivity index (χ0) is 16.7. The van der Waals surface area contributed by atoms with Gasteiger partial charge in [0.15, 0.2) is 0 Å². The molecular formula is C18H21FN2O2. The zero-order valence-corrected chi connectivity index (χ0v) is 13.4. The Morgan fingerprint density at radius 2 is 1.96 bits per heavy atom. The molecule has 0 bridgehead atoms. The molecule has 0 aliphatic carbocycles. The Hall–Kier alpha value is -2.40. The number of nitrogens with zero attached hydrogens (tertiary/aromatic N) is 1. The average Bonchev–Trinajstić information content (AvgIpc) is 2.49. The van der Waals surface area contributed by atoms with E-state index in [9.17, 15) is 9.18 Å². The highest BCUT2D eigenvalue weighted by Crippen LogP contribution is 2.15. The van der Waals surface area contributed by atoms with E-state index in [0.717, 1.165) is 17.0 Å². The number of likely N-dealkylation sites (N-methyl/N-ethyl adjacent to an activating group) is 1. The molecule has 2 rings (SSSR count). The first-order chi connectivity index (χ1) is 11.1. The van der Waals surface area contributed by atoms with E-state index in [0.29, 0.717) is 13.2 Å². The molecule has 0 aliphatic heterocycles. The molecule has 122 valence electrons. The van der Waals surface area contributed by atoms with Gasteiger partial charge in [-0.2, -0.15) is 0 Å². The second kappa shape index (κ2) is 8.29. The van der Waals surface area contributed by atoms with Crippen molar-refractivity contribution >= 4 is 11.6 Å². The molecule has 0 radical (unpaired) electrons. The van der Waals surface area contributed by atoms with E-state index in [2.05, 4.69) is 5.32 Å². The molecule has 1 amide bonds. The van der Waals surface area contributed by atoms with Gasteiger partial charge in [0.05, 0.1) is 13.2 Å². The van der Waals surface area contributed by atoms with Crippen LogP contribution in [0.15, 0.2) is 48.5 Å². The molecule has 1 N–H and O–H groups in total. The highest BCUT2D eigenvalue weighted by atomic mass is 19.1. The van der Waals surface area contributed by atoms with Crippen LogP contribution in [0.5, 0.6) is 5.75 Å². The number of halogens is 1.